The Morgan fingerprint density at radius 2 is 2.28 bits per heavy atom. The van der Waals surface area contributed by atoms with E-state index in [4.69, 9.17) is 5.26 Å². The van der Waals surface area contributed by atoms with Crippen LogP contribution >= 0.6 is 0 Å². The van der Waals surface area contributed by atoms with E-state index < -0.39 is 0 Å². The second-order valence-corrected chi connectivity index (χ2v) is 6.53. The summed E-state index contributed by atoms with van der Waals surface area (Å²) >= 11 is 0. The predicted octanol–water partition coefficient (Wildman–Crippen LogP) is 2.30. The van der Waals surface area contributed by atoms with Gasteiger partial charge in [0.05, 0.1) is 5.69 Å². The summed E-state index contributed by atoms with van der Waals surface area (Å²) in [6.45, 7) is 0. The monoisotopic (exact) mass is 336 g/mol. The summed E-state index contributed by atoms with van der Waals surface area (Å²) in [5, 5.41) is 23.8. The molecule has 25 heavy (non-hydrogen) atoms. The standard InChI is InChI=1S/C17H20N8/c1-24-6-5-16(23-24)22-15-8-13(9-25-17(15)20-11-21-25)12-3-2-4-14(7-12)19-10-18/h5-6,8-9,11-12,14,19H,2-4,7H2,1H3,(H,22,23)/t12-,14-/m0/s1. The van der Waals surface area contributed by atoms with Crippen molar-refractivity contribution in [2.24, 2.45) is 7.05 Å². The molecule has 0 radical (unpaired) electrons. The van der Waals surface area contributed by atoms with E-state index in [2.05, 4.69) is 38.1 Å². The van der Waals surface area contributed by atoms with E-state index in [0.717, 1.165) is 42.8 Å². The van der Waals surface area contributed by atoms with Crippen molar-refractivity contribution in [3.63, 3.8) is 0 Å². The van der Waals surface area contributed by atoms with Crippen molar-refractivity contribution in [1.82, 2.24) is 29.7 Å². The molecule has 0 aromatic carbocycles. The highest BCUT2D eigenvalue weighted by molar-refractivity contribution is 5.72. The van der Waals surface area contributed by atoms with Gasteiger partial charge in [0.15, 0.2) is 17.7 Å². The lowest BCUT2D eigenvalue weighted by molar-refractivity contribution is 0.365. The Balaban J connectivity index is 1.66. The van der Waals surface area contributed by atoms with Crippen LogP contribution in [0.2, 0.25) is 0 Å². The third-order valence-corrected chi connectivity index (χ3v) is 4.79. The maximum Gasteiger partial charge on any atom is 0.178 e. The van der Waals surface area contributed by atoms with Crippen LogP contribution in [0, 0.1) is 11.5 Å². The lowest BCUT2D eigenvalue weighted by atomic mass is 9.82. The Hall–Kier alpha value is -3.08. The number of fused-ring (bicyclic) bond motifs is 1. The fourth-order valence-electron chi connectivity index (χ4n) is 3.60. The van der Waals surface area contributed by atoms with E-state index >= 15 is 0 Å². The van der Waals surface area contributed by atoms with Gasteiger partial charge in [-0.25, -0.2) is 9.50 Å². The molecule has 1 aliphatic rings. The molecular weight excluding hydrogens is 316 g/mol. The zero-order valence-electron chi connectivity index (χ0n) is 14.1. The molecule has 0 bridgehead atoms. The van der Waals surface area contributed by atoms with Crippen molar-refractivity contribution < 1.29 is 0 Å². The number of hydrogen-bond acceptors (Lipinski definition) is 6. The van der Waals surface area contributed by atoms with Gasteiger partial charge in [-0.15, -0.1) is 0 Å². The molecule has 0 spiro atoms. The highest BCUT2D eigenvalue weighted by Gasteiger charge is 2.24. The molecule has 1 fully saturated rings. The van der Waals surface area contributed by atoms with Gasteiger partial charge in [0.1, 0.15) is 6.33 Å². The van der Waals surface area contributed by atoms with E-state index in [1.54, 1.807) is 11.0 Å². The molecule has 3 heterocycles. The number of rotatable bonds is 4. The SMILES string of the molecule is Cn1ccc(Nc2cc([C@H]3CCC[C@H](NC#N)C3)cn3ncnc23)n1. The average molecular weight is 336 g/mol. The summed E-state index contributed by atoms with van der Waals surface area (Å²) in [6, 6.07) is 4.31. The molecule has 8 nitrogen and oxygen atoms in total. The van der Waals surface area contributed by atoms with Crippen LogP contribution in [-0.2, 0) is 7.05 Å². The summed E-state index contributed by atoms with van der Waals surface area (Å²) in [5.74, 6) is 1.18. The van der Waals surface area contributed by atoms with Gasteiger partial charge in [-0.2, -0.15) is 15.5 Å². The highest BCUT2D eigenvalue weighted by Crippen LogP contribution is 2.35. The molecule has 2 atom stereocenters. The first-order valence-electron chi connectivity index (χ1n) is 8.47. The molecular formula is C17H20N8. The number of nitrogens with one attached hydrogen (secondary N) is 2. The minimum absolute atomic E-state index is 0.252. The molecule has 0 saturated heterocycles. The minimum Gasteiger partial charge on any atom is -0.336 e. The van der Waals surface area contributed by atoms with E-state index in [0.29, 0.717) is 5.92 Å². The lowest BCUT2D eigenvalue weighted by Gasteiger charge is -2.28. The maximum absolute atomic E-state index is 8.90. The van der Waals surface area contributed by atoms with Crippen LogP contribution in [0.15, 0.2) is 30.9 Å². The number of nitrogens with zero attached hydrogens (tertiary/aromatic N) is 6. The topological polar surface area (TPSA) is 95.9 Å². The van der Waals surface area contributed by atoms with Crippen LogP contribution in [0.4, 0.5) is 11.5 Å². The average Bonchev–Trinajstić information content (AvgIpc) is 3.24. The van der Waals surface area contributed by atoms with Crippen molar-refractivity contribution in [2.45, 2.75) is 37.6 Å². The zero-order valence-corrected chi connectivity index (χ0v) is 14.1. The van der Waals surface area contributed by atoms with E-state index in [1.807, 2.05) is 30.0 Å². The van der Waals surface area contributed by atoms with Crippen molar-refractivity contribution in [3.8, 4) is 6.19 Å². The number of aryl methyl sites for hydroxylation is 1. The molecule has 1 saturated carbocycles. The number of pyridine rings is 1. The van der Waals surface area contributed by atoms with Gasteiger partial charge >= 0.3 is 0 Å². The molecule has 0 aliphatic heterocycles. The van der Waals surface area contributed by atoms with Crippen molar-refractivity contribution in [3.05, 3.63) is 36.4 Å². The number of nitriles is 1. The molecule has 128 valence electrons. The molecule has 8 heteroatoms. The molecule has 4 rings (SSSR count). The molecule has 0 amide bonds. The summed E-state index contributed by atoms with van der Waals surface area (Å²) < 4.78 is 3.56. The highest BCUT2D eigenvalue weighted by atomic mass is 15.3. The van der Waals surface area contributed by atoms with Crippen LogP contribution in [-0.4, -0.2) is 30.4 Å². The number of aromatic nitrogens is 5. The zero-order chi connectivity index (χ0) is 17.2. The Kier molecular flexibility index (Phi) is 3.98. The molecule has 2 N–H and O–H groups in total. The smallest absolute Gasteiger partial charge is 0.178 e. The number of anilines is 2. The quantitative estimate of drug-likeness (QED) is 0.561. The minimum atomic E-state index is 0.252. The summed E-state index contributed by atoms with van der Waals surface area (Å²) in [7, 11) is 1.89. The molecule has 3 aromatic heterocycles. The first-order chi connectivity index (χ1) is 12.2. The summed E-state index contributed by atoms with van der Waals surface area (Å²) in [5.41, 5.74) is 2.88. The van der Waals surface area contributed by atoms with Gasteiger partial charge in [0, 0.05) is 31.5 Å². The van der Waals surface area contributed by atoms with Gasteiger partial charge in [0.25, 0.3) is 0 Å². The third kappa shape index (κ3) is 3.13. The van der Waals surface area contributed by atoms with E-state index in [9.17, 15) is 0 Å². The fraction of sp³-hybridized carbons (Fsp3) is 0.412. The normalized spacial score (nSPS) is 20.3. The first-order valence-corrected chi connectivity index (χ1v) is 8.47. The maximum atomic E-state index is 8.90. The van der Waals surface area contributed by atoms with Crippen molar-refractivity contribution in [2.75, 3.05) is 5.32 Å². The Labute approximate surface area is 145 Å². The summed E-state index contributed by atoms with van der Waals surface area (Å²) in [4.78, 5) is 4.35. The van der Waals surface area contributed by atoms with Gasteiger partial charge in [-0.05, 0) is 36.8 Å². The van der Waals surface area contributed by atoms with Gasteiger partial charge in [0.2, 0.25) is 0 Å². The second kappa shape index (κ2) is 6.43. The first kappa shape index (κ1) is 15.4. The van der Waals surface area contributed by atoms with E-state index in [1.165, 1.54) is 5.56 Å². The van der Waals surface area contributed by atoms with Crippen LogP contribution in [0.5, 0.6) is 0 Å². The third-order valence-electron chi connectivity index (χ3n) is 4.79. The number of hydrogen-bond donors (Lipinski definition) is 2. The second-order valence-electron chi connectivity index (χ2n) is 6.53. The Bertz CT molecular complexity index is 918. The van der Waals surface area contributed by atoms with Crippen LogP contribution < -0.4 is 10.6 Å². The molecule has 0 unspecified atom stereocenters. The van der Waals surface area contributed by atoms with Gasteiger partial charge in [-0.1, -0.05) is 6.42 Å². The van der Waals surface area contributed by atoms with Crippen LogP contribution in [0.25, 0.3) is 5.65 Å². The molecule has 3 aromatic rings. The van der Waals surface area contributed by atoms with E-state index in [-0.39, 0.29) is 6.04 Å². The van der Waals surface area contributed by atoms with Crippen LogP contribution in [0.1, 0.15) is 37.2 Å². The lowest BCUT2D eigenvalue weighted by Crippen LogP contribution is -2.30. The van der Waals surface area contributed by atoms with Crippen molar-refractivity contribution >= 4 is 17.2 Å². The fourth-order valence-corrected chi connectivity index (χ4v) is 3.60. The van der Waals surface area contributed by atoms with Gasteiger partial charge < -0.3 is 10.6 Å². The van der Waals surface area contributed by atoms with Gasteiger partial charge in [-0.3, -0.25) is 4.68 Å². The predicted molar refractivity (Wildman–Crippen MR) is 93.2 cm³/mol. The Morgan fingerprint density at radius 1 is 1.36 bits per heavy atom. The molecule has 1 aliphatic carbocycles. The van der Waals surface area contributed by atoms with Crippen molar-refractivity contribution in [1.29, 1.82) is 5.26 Å². The Morgan fingerprint density at radius 3 is 3.08 bits per heavy atom. The summed E-state index contributed by atoms with van der Waals surface area (Å²) in [6.07, 6.45) is 11.8. The van der Waals surface area contributed by atoms with Crippen LogP contribution in [0.3, 0.4) is 0 Å². The largest absolute Gasteiger partial charge is 0.336 e.